The van der Waals surface area contributed by atoms with Crippen molar-refractivity contribution in [3.63, 3.8) is 0 Å². The highest BCUT2D eigenvalue weighted by atomic mass is 16.5. The quantitative estimate of drug-likeness (QED) is 0.168. The molecule has 1 N–H and O–H groups in total. The number of anilines is 1. The fourth-order valence-electron chi connectivity index (χ4n) is 3.20. The molecule has 3 aromatic rings. The van der Waals surface area contributed by atoms with Crippen molar-refractivity contribution in [2.75, 3.05) is 25.1 Å². The summed E-state index contributed by atoms with van der Waals surface area (Å²) < 4.78 is 22.4. The van der Waals surface area contributed by atoms with Gasteiger partial charge in [-0.3, -0.25) is 4.79 Å². The summed E-state index contributed by atoms with van der Waals surface area (Å²) >= 11 is 0. The molecule has 8 nitrogen and oxygen atoms in total. The summed E-state index contributed by atoms with van der Waals surface area (Å²) in [5, 5.41) is 15.7. The van der Waals surface area contributed by atoms with Crippen LogP contribution in [0.15, 0.2) is 71.3 Å². The number of ether oxygens (including phenoxy) is 3. The lowest BCUT2D eigenvalue weighted by Crippen LogP contribution is -2.13. The minimum Gasteiger partial charge on any atom is -0.490 e. The van der Waals surface area contributed by atoms with Gasteiger partial charge >= 0.3 is 0 Å². The molecule has 1 heterocycles. The molecule has 0 fully saturated rings. The highest BCUT2D eigenvalue weighted by Gasteiger charge is 2.13. The zero-order valence-electron chi connectivity index (χ0n) is 19.7. The molecule has 0 aliphatic rings. The van der Waals surface area contributed by atoms with E-state index in [1.54, 1.807) is 31.2 Å². The van der Waals surface area contributed by atoms with Gasteiger partial charge in [-0.15, -0.1) is 6.58 Å². The number of allylic oxidation sites excluding steroid dienone is 1. The van der Waals surface area contributed by atoms with Crippen molar-refractivity contribution in [2.45, 2.75) is 20.3 Å². The summed E-state index contributed by atoms with van der Waals surface area (Å²) in [6.07, 6.45) is 4.02. The van der Waals surface area contributed by atoms with Crippen molar-refractivity contribution >= 4 is 17.8 Å². The maximum Gasteiger partial charge on any atom is 0.267 e. The fourth-order valence-corrected chi connectivity index (χ4v) is 3.20. The molecule has 0 spiro atoms. The molecular formula is C27H27N3O5. The lowest BCUT2D eigenvalue weighted by Gasteiger charge is -2.14. The summed E-state index contributed by atoms with van der Waals surface area (Å²) in [6.45, 7) is 8.42. The van der Waals surface area contributed by atoms with Crippen LogP contribution in [0, 0.1) is 18.3 Å². The van der Waals surface area contributed by atoms with Crippen LogP contribution in [0.25, 0.3) is 6.08 Å². The first-order valence-electron chi connectivity index (χ1n) is 11.1. The molecule has 0 bridgehead atoms. The first-order chi connectivity index (χ1) is 17.0. The van der Waals surface area contributed by atoms with Gasteiger partial charge in [0.25, 0.3) is 5.91 Å². The summed E-state index contributed by atoms with van der Waals surface area (Å²) in [4.78, 5) is 12.4. The van der Waals surface area contributed by atoms with Crippen molar-refractivity contribution < 1.29 is 23.5 Å². The molecule has 0 radical (unpaired) electrons. The van der Waals surface area contributed by atoms with Gasteiger partial charge in [-0.05, 0) is 55.7 Å². The summed E-state index contributed by atoms with van der Waals surface area (Å²) in [5.41, 5.74) is 1.58. The largest absolute Gasteiger partial charge is 0.490 e. The first-order valence-corrected chi connectivity index (χ1v) is 11.1. The number of nitrogens with zero attached hydrogens (tertiary/aromatic N) is 2. The van der Waals surface area contributed by atoms with Crippen molar-refractivity contribution in [1.29, 1.82) is 5.26 Å². The Morgan fingerprint density at radius 2 is 1.89 bits per heavy atom. The third-order valence-electron chi connectivity index (χ3n) is 4.75. The van der Waals surface area contributed by atoms with Gasteiger partial charge in [0.2, 0.25) is 0 Å². The Kier molecular flexibility index (Phi) is 9.08. The third kappa shape index (κ3) is 7.24. The minimum absolute atomic E-state index is 0.0895. The van der Waals surface area contributed by atoms with E-state index >= 15 is 0 Å². The van der Waals surface area contributed by atoms with Gasteiger partial charge in [0.15, 0.2) is 17.3 Å². The van der Waals surface area contributed by atoms with E-state index in [0.717, 1.165) is 17.7 Å². The molecule has 3 rings (SSSR count). The molecule has 0 unspecified atom stereocenters. The molecule has 180 valence electrons. The molecule has 0 saturated heterocycles. The number of para-hydroxylation sites is 1. The highest BCUT2D eigenvalue weighted by molar-refractivity contribution is 6.09. The van der Waals surface area contributed by atoms with Crippen molar-refractivity contribution in [2.24, 2.45) is 0 Å². The van der Waals surface area contributed by atoms with E-state index in [4.69, 9.17) is 18.7 Å². The smallest absolute Gasteiger partial charge is 0.267 e. The van der Waals surface area contributed by atoms with Gasteiger partial charge < -0.3 is 24.1 Å². The van der Waals surface area contributed by atoms with E-state index in [1.165, 1.54) is 6.08 Å². The average molecular weight is 474 g/mol. The van der Waals surface area contributed by atoms with Crippen LogP contribution in [0.3, 0.4) is 0 Å². The molecule has 1 aromatic heterocycles. The standard InChI is InChI=1S/C27H27N3O5/c1-4-8-21-9-6-7-10-23(21)33-13-14-34-24-12-11-20(17-25(24)32-5-2)16-22(18-28)27(31)29-26-15-19(3)35-30-26/h4,6-7,9-12,15-17H,1,5,8,13-14H2,2-3H3,(H,29,30,31)/b22-16-. The number of hydrogen-bond donors (Lipinski definition) is 1. The molecule has 0 aliphatic carbocycles. The van der Waals surface area contributed by atoms with Crippen LogP contribution in [-0.2, 0) is 11.2 Å². The number of carbonyl (C=O) groups is 1. The van der Waals surface area contributed by atoms with E-state index in [9.17, 15) is 10.1 Å². The maximum absolute atomic E-state index is 12.4. The van der Waals surface area contributed by atoms with Gasteiger partial charge in [-0.1, -0.05) is 35.5 Å². The SMILES string of the molecule is C=CCc1ccccc1OCCOc1ccc(/C=C(/C#N)C(=O)Nc2cc(C)on2)cc1OCC. The lowest BCUT2D eigenvalue weighted by molar-refractivity contribution is -0.112. The molecule has 35 heavy (non-hydrogen) atoms. The number of nitrogens with one attached hydrogen (secondary N) is 1. The van der Waals surface area contributed by atoms with Crippen LogP contribution < -0.4 is 19.5 Å². The Morgan fingerprint density at radius 1 is 1.11 bits per heavy atom. The number of aromatic nitrogens is 1. The van der Waals surface area contributed by atoms with Crippen molar-refractivity contribution in [3.05, 3.63) is 83.6 Å². The molecule has 1 amide bonds. The number of aryl methyl sites for hydroxylation is 1. The van der Waals surface area contributed by atoms with E-state index in [2.05, 4.69) is 17.1 Å². The lowest BCUT2D eigenvalue weighted by atomic mass is 10.1. The Labute approximate surface area is 204 Å². The Balaban J connectivity index is 1.66. The van der Waals surface area contributed by atoms with Crippen LogP contribution in [0.2, 0.25) is 0 Å². The summed E-state index contributed by atoms with van der Waals surface area (Å²) in [7, 11) is 0. The van der Waals surface area contributed by atoms with E-state index in [0.29, 0.717) is 42.6 Å². The van der Waals surface area contributed by atoms with Gasteiger partial charge in [0.05, 0.1) is 6.61 Å². The number of amides is 1. The maximum atomic E-state index is 12.4. The summed E-state index contributed by atoms with van der Waals surface area (Å²) in [5.74, 6) is 2.02. The van der Waals surface area contributed by atoms with Crippen LogP contribution in [0.4, 0.5) is 5.82 Å². The van der Waals surface area contributed by atoms with Crippen LogP contribution in [0.1, 0.15) is 23.8 Å². The van der Waals surface area contributed by atoms with Crippen LogP contribution in [-0.4, -0.2) is 30.9 Å². The Bertz CT molecular complexity index is 1240. The first kappa shape index (κ1) is 25.1. The zero-order valence-corrected chi connectivity index (χ0v) is 19.7. The molecule has 8 heteroatoms. The van der Waals surface area contributed by atoms with Crippen LogP contribution >= 0.6 is 0 Å². The number of rotatable bonds is 12. The predicted molar refractivity (Wildman–Crippen MR) is 132 cm³/mol. The second-order valence-corrected chi connectivity index (χ2v) is 7.38. The highest BCUT2D eigenvalue weighted by Crippen LogP contribution is 2.29. The fraction of sp³-hybridized carbons (Fsp3) is 0.222. The van der Waals surface area contributed by atoms with Gasteiger partial charge in [-0.25, -0.2) is 0 Å². The Morgan fingerprint density at radius 3 is 2.57 bits per heavy atom. The second kappa shape index (κ2) is 12.7. The normalized spacial score (nSPS) is 10.8. The second-order valence-electron chi connectivity index (χ2n) is 7.38. The monoisotopic (exact) mass is 473 g/mol. The molecule has 0 aliphatic heterocycles. The van der Waals surface area contributed by atoms with E-state index in [1.807, 2.05) is 43.3 Å². The minimum atomic E-state index is -0.590. The molecule has 0 saturated carbocycles. The number of nitriles is 1. The van der Waals surface area contributed by atoms with Gasteiger partial charge in [0, 0.05) is 6.07 Å². The van der Waals surface area contributed by atoms with E-state index < -0.39 is 5.91 Å². The average Bonchev–Trinajstić information content (AvgIpc) is 3.26. The molecule has 2 aromatic carbocycles. The number of benzene rings is 2. The van der Waals surface area contributed by atoms with E-state index in [-0.39, 0.29) is 11.4 Å². The van der Waals surface area contributed by atoms with Crippen molar-refractivity contribution in [3.8, 4) is 23.3 Å². The zero-order chi connectivity index (χ0) is 25.0. The third-order valence-corrected chi connectivity index (χ3v) is 4.75. The topological polar surface area (TPSA) is 107 Å². The van der Waals surface area contributed by atoms with Gasteiger partial charge in [0.1, 0.15) is 36.4 Å². The summed E-state index contributed by atoms with van der Waals surface area (Å²) in [6, 6.07) is 16.5. The number of carbonyl (C=O) groups excluding carboxylic acids is 1. The predicted octanol–water partition coefficient (Wildman–Crippen LogP) is 5.11. The van der Waals surface area contributed by atoms with Crippen LogP contribution in [0.5, 0.6) is 17.2 Å². The molecule has 0 atom stereocenters. The van der Waals surface area contributed by atoms with Gasteiger partial charge in [-0.2, -0.15) is 5.26 Å². The number of hydrogen-bond acceptors (Lipinski definition) is 7. The van der Waals surface area contributed by atoms with Crippen molar-refractivity contribution in [1.82, 2.24) is 5.16 Å². The molecular weight excluding hydrogens is 446 g/mol. The Hall–Kier alpha value is -4.51.